The largest absolute Gasteiger partial charge is 0.384 e. The van der Waals surface area contributed by atoms with Crippen molar-refractivity contribution < 1.29 is 0 Å². The Morgan fingerprint density at radius 2 is 1.83 bits per heavy atom. The first-order valence-corrected chi connectivity index (χ1v) is 7.92. The number of rotatable bonds is 3. The van der Waals surface area contributed by atoms with Crippen molar-refractivity contribution in [3.63, 3.8) is 0 Å². The van der Waals surface area contributed by atoms with Crippen LogP contribution in [0.1, 0.15) is 5.56 Å². The van der Waals surface area contributed by atoms with Crippen LogP contribution in [-0.2, 0) is 0 Å². The highest BCUT2D eigenvalue weighted by atomic mass is 32.2. The topological polar surface area (TPSA) is 51.8 Å². The minimum absolute atomic E-state index is 0.511. The van der Waals surface area contributed by atoms with Crippen LogP contribution in [0.2, 0.25) is 0 Å². The third-order valence-electron chi connectivity index (χ3n) is 2.53. The summed E-state index contributed by atoms with van der Waals surface area (Å²) in [4.78, 5) is 10.0. The zero-order valence-electron chi connectivity index (χ0n) is 10.6. The molecular weight excluding hydrogens is 262 g/mol. The molecule has 94 valence electrons. The van der Waals surface area contributed by atoms with E-state index in [0.29, 0.717) is 11.6 Å². The molecule has 0 bridgehead atoms. The lowest BCUT2D eigenvalue weighted by Crippen LogP contribution is -1.98. The fraction of sp³-hybridized carbons (Fsp3) is 0.231. The van der Waals surface area contributed by atoms with E-state index in [1.807, 2.05) is 6.26 Å². The quantitative estimate of drug-likeness (QED) is 0.687. The van der Waals surface area contributed by atoms with Gasteiger partial charge in [-0.15, -0.1) is 23.5 Å². The van der Waals surface area contributed by atoms with Gasteiger partial charge < -0.3 is 5.73 Å². The third-order valence-corrected chi connectivity index (χ3v) is 3.93. The van der Waals surface area contributed by atoms with E-state index in [-0.39, 0.29) is 0 Å². The fourth-order valence-corrected chi connectivity index (χ4v) is 2.75. The molecule has 0 amide bonds. The van der Waals surface area contributed by atoms with E-state index in [4.69, 9.17) is 5.73 Å². The molecule has 1 aromatic heterocycles. The van der Waals surface area contributed by atoms with Gasteiger partial charge in [-0.2, -0.15) is 0 Å². The van der Waals surface area contributed by atoms with Gasteiger partial charge in [0.15, 0.2) is 5.82 Å². The second-order valence-corrected chi connectivity index (χ2v) is 5.54. The number of nitrogens with zero attached hydrogens (tertiary/aromatic N) is 2. The Kier molecular flexibility index (Phi) is 4.14. The molecule has 2 N–H and O–H groups in total. The van der Waals surface area contributed by atoms with Crippen molar-refractivity contribution in [2.45, 2.75) is 16.8 Å². The summed E-state index contributed by atoms with van der Waals surface area (Å²) in [6.45, 7) is 2.08. The molecule has 5 heteroatoms. The zero-order valence-corrected chi connectivity index (χ0v) is 12.2. The van der Waals surface area contributed by atoms with E-state index < -0.39 is 0 Å². The van der Waals surface area contributed by atoms with Crippen molar-refractivity contribution in [3.8, 4) is 11.4 Å². The van der Waals surface area contributed by atoms with Crippen molar-refractivity contribution in [1.82, 2.24) is 9.97 Å². The van der Waals surface area contributed by atoms with Crippen molar-refractivity contribution in [1.29, 1.82) is 0 Å². The minimum Gasteiger partial charge on any atom is -0.384 e. The Labute approximate surface area is 116 Å². The van der Waals surface area contributed by atoms with Crippen LogP contribution in [0.25, 0.3) is 11.4 Å². The number of hydrogen-bond acceptors (Lipinski definition) is 5. The highest BCUT2D eigenvalue weighted by Crippen LogP contribution is 2.30. The van der Waals surface area contributed by atoms with E-state index in [9.17, 15) is 0 Å². The number of benzene rings is 1. The van der Waals surface area contributed by atoms with Crippen LogP contribution < -0.4 is 5.73 Å². The summed E-state index contributed by atoms with van der Waals surface area (Å²) in [5.41, 5.74) is 8.09. The summed E-state index contributed by atoms with van der Waals surface area (Å²) in [7, 11) is 0. The number of aromatic nitrogens is 2. The highest BCUT2D eigenvalue weighted by Gasteiger charge is 2.09. The zero-order chi connectivity index (χ0) is 13.1. The van der Waals surface area contributed by atoms with Gasteiger partial charge in [0, 0.05) is 16.5 Å². The van der Waals surface area contributed by atoms with Gasteiger partial charge in [0.05, 0.1) is 0 Å². The summed E-state index contributed by atoms with van der Waals surface area (Å²) in [5, 5.41) is 0.894. The molecule has 0 aliphatic heterocycles. The number of thioether (sulfide) groups is 2. The van der Waals surface area contributed by atoms with Crippen LogP contribution in [0.5, 0.6) is 0 Å². The summed E-state index contributed by atoms with van der Waals surface area (Å²) in [5.74, 6) is 1.21. The monoisotopic (exact) mass is 277 g/mol. The molecule has 0 radical (unpaired) electrons. The molecule has 2 rings (SSSR count). The molecule has 0 atom stereocenters. The maximum absolute atomic E-state index is 5.82. The Balaban J connectivity index is 2.57. The second-order valence-electron chi connectivity index (χ2n) is 3.86. The predicted octanol–water partition coefficient (Wildman–Crippen LogP) is 3.48. The SMILES string of the molecule is CSc1cc(N)nc(-c2ccc(C)cc2SC)n1. The van der Waals surface area contributed by atoms with Crippen LogP contribution >= 0.6 is 23.5 Å². The van der Waals surface area contributed by atoms with Gasteiger partial charge in [0.1, 0.15) is 10.8 Å². The number of nitrogens with two attached hydrogens (primary N) is 1. The van der Waals surface area contributed by atoms with Gasteiger partial charge in [-0.05, 0) is 37.1 Å². The smallest absolute Gasteiger partial charge is 0.163 e. The van der Waals surface area contributed by atoms with Crippen LogP contribution in [0.15, 0.2) is 34.2 Å². The number of nitrogen functional groups attached to an aromatic ring is 1. The predicted molar refractivity (Wildman–Crippen MR) is 80.2 cm³/mol. The maximum Gasteiger partial charge on any atom is 0.163 e. The molecule has 0 unspecified atom stereocenters. The normalized spacial score (nSPS) is 10.6. The van der Waals surface area contributed by atoms with Gasteiger partial charge in [-0.25, -0.2) is 9.97 Å². The molecule has 1 heterocycles. The number of hydrogen-bond donors (Lipinski definition) is 1. The van der Waals surface area contributed by atoms with E-state index in [1.54, 1.807) is 29.6 Å². The fourth-order valence-electron chi connectivity index (χ4n) is 1.65. The van der Waals surface area contributed by atoms with E-state index in [0.717, 1.165) is 10.6 Å². The highest BCUT2D eigenvalue weighted by molar-refractivity contribution is 7.98. The second kappa shape index (κ2) is 5.63. The molecule has 0 spiro atoms. The first-order chi connectivity index (χ1) is 8.63. The maximum atomic E-state index is 5.82. The van der Waals surface area contributed by atoms with Gasteiger partial charge in [0.25, 0.3) is 0 Å². The Bertz CT molecular complexity index is 570. The molecule has 0 saturated carbocycles. The molecule has 0 saturated heterocycles. The van der Waals surface area contributed by atoms with Gasteiger partial charge in [-0.3, -0.25) is 0 Å². The molecule has 1 aromatic carbocycles. The molecule has 0 aliphatic carbocycles. The summed E-state index contributed by atoms with van der Waals surface area (Å²) in [6.07, 6.45) is 4.04. The average molecular weight is 277 g/mol. The lowest BCUT2D eigenvalue weighted by Gasteiger charge is -2.09. The first kappa shape index (κ1) is 13.2. The van der Waals surface area contributed by atoms with Crippen LogP contribution in [-0.4, -0.2) is 22.5 Å². The van der Waals surface area contributed by atoms with Crippen LogP contribution in [0.3, 0.4) is 0 Å². The summed E-state index contributed by atoms with van der Waals surface area (Å²) >= 11 is 3.27. The number of anilines is 1. The van der Waals surface area contributed by atoms with Crippen molar-refractivity contribution >= 4 is 29.3 Å². The van der Waals surface area contributed by atoms with E-state index >= 15 is 0 Å². The molecule has 3 nitrogen and oxygen atoms in total. The molecule has 2 aromatic rings. The summed E-state index contributed by atoms with van der Waals surface area (Å²) < 4.78 is 0. The van der Waals surface area contributed by atoms with Crippen LogP contribution in [0, 0.1) is 6.92 Å². The lowest BCUT2D eigenvalue weighted by atomic mass is 10.1. The average Bonchev–Trinajstić information content (AvgIpc) is 2.37. The Hall–Kier alpha value is -1.20. The van der Waals surface area contributed by atoms with Crippen molar-refractivity contribution in [2.24, 2.45) is 0 Å². The molecular formula is C13H15N3S2. The van der Waals surface area contributed by atoms with Crippen molar-refractivity contribution in [2.75, 3.05) is 18.2 Å². The molecule has 0 aliphatic rings. The lowest BCUT2D eigenvalue weighted by molar-refractivity contribution is 1.06. The van der Waals surface area contributed by atoms with E-state index in [1.165, 1.54) is 10.5 Å². The van der Waals surface area contributed by atoms with Crippen molar-refractivity contribution in [3.05, 3.63) is 29.8 Å². The van der Waals surface area contributed by atoms with Gasteiger partial charge in [0.2, 0.25) is 0 Å². The first-order valence-electron chi connectivity index (χ1n) is 5.47. The Morgan fingerprint density at radius 3 is 2.50 bits per heavy atom. The van der Waals surface area contributed by atoms with Crippen LogP contribution in [0.4, 0.5) is 5.82 Å². The standard InChI is InChI=1S/C13H15N3S2/c1-8-4-5-9(10(6-8)17-2)13-15-11(14)7-12(16-13)18-3/h4-7H,1-3H3,(H2,14,15,16). The van der Waals surface area contributed by atoms with Gasteiger partial charge in [-0.1, -0.05) is 6.07 Å². The summed E-state index contributed by atoms with van der Waals surface area (Å²) in [6, 6.07) is 8.06. The van der Waals surface area contributed by atoms with E-state index in [2.05, 4.69) is 41.3 Å². The minimum atomic E-state index is 0.511. The third kappa shape index (κ3) is 2.79. The number of aryl methyl sites for hydroxylation is 1. The van der Waals surface area contributed by atoms with Gasteiger partial charge >= 0.3 is 0 Å². The Morgan fingerprint density at radius 1 is 1.06 bits per heavy atom. The molecule has 18 heavy (non-hydrogen) atoms. The molecule has 0 fully saturated rings.